The SMILES string of the molecule is CC(C)(C)OC(=O)N1CCn2ncc(NC3CCC(=O)NC3=O)c2C1. The van der Waals surface area contributed by atoms with Gasteiger partial charge in [-0.25, -0.2) is 4.79 Å². The molecule has 0 saturated carbocycles. The smallest absolute Gasteiger partial charge is 0.410 e. The van der Waals surface area contributed by atoms with Crippen molar-refractivity contribution >= 4 is 23.6 Å². The molecule has 0 spiro atoms. The van der Waals surface area contributed by atoms with Gasteiger partial charge in [0.25, 0.3) is 0 Å². The van der Waals surface area contributed by atoms with Crippen LogP contribution in [0.4, 0.5) is 10.5 Å². The van der Waals surface area contributed by atoms with Crippen molar-refractivity contribution < 1.29 is 19.1 Å². The maximum absolute atomic E-state index is 12.3. The van der Waals surface area contributed by atoms with Crippen molar-refractivity contribution in [2.75, 3.05) is 11.9 Å². The molecule has 0 bridgehead atoms. The van der Waals surface area contributed by atoms with Crippen LogP contribution in [0.15, 0.2) is 6.20 Å². The van der Waals surface area contributed by atoms with Crippen LogP contribution in [0.5, 0.6) is 0 Å². The van der Waals surface area contributed by atoms with Crippen molar-refractivity contribution in [3.8, 4) is 0 Å². The molecule has 1 fully saturated rings. The first-order valence-corrected chi connectivity index (χ1v) is 8.36. The molecule has 1 aromatic rings. The van der Waals surface area contributed by atoms with Gasteiger partial charge in [0.05, 0.1) is 30.7 Å². The Morgan fingerprint density at radius 3 is 2.80 bits per heavy atom. The number of rotatable bonds is 2. The first kappa shape index (κ1) is 17.2. The molecule has 3 rings (SSSR count). The second-order valence-electron chi connectivity index (χ2n) is 7.28. The maximum atomic E-state index is 12.3. The predicted molar refractivity (Wildman–Crippen MR) is 88.7 cm³/mol. The average molecular weight is 349 g/mol. The molecular weight excluding hydrogens is 326 g/mol. The molecule has 9 heteroatoms. The van der Waals surface area contributed by atoms with Crippen LogP contribution in [0.1, 0.15) is 39.3 Å². The number of nitrogens with one attached hydrogen (secondary N) is 2. The summed E-state index contributed by atoms with van der Waals surface area (Å²) in [6.45, 7) is 6.91. The van der Waals surface area contributed by atoms with Gasteiger partial charge in [-0.05, 0) is 27.2 Å². The Balaban J connectivity index is 1.70. The van der Waals surface area contributed by atoms with E-state index in [9.17, 15) is 14.4 Å². The van der Waals surface area contributed by atoms with Gasteiger partial charge >= 0.3 is 6.09 Å². The summed E-state index contributed by atoms with van der Waals surface area (Å²) >= 11 is 0. The zero-order valence-corrected chi connectivity index (χ0v) is 14.7. The monoisotopic (exact) mass is 349 g/mol. The summed E-state index contributed by atoms with van der Waals surface area (Å²) in [5.74, 6) is -0.591. The highest BCUT2D eigenvalue weighted by Gasteiger charge is 2.31. The van der Waals surface area contributed by atoms with Crippen LogP contribution < -0.4 is 10.6 Å². The average Bonchev–Trinajstić information content (AvgIpc) is 2.90. The van der Waals surface area contributed by atoms with Crippen molar-refractivity contribution in [2.45, 2.75) is 58.3 Å². The van der Waals surface area contributed by atoms with Crippen LogP contribution in [-0.2, 0) is 27.4 Å². The maximum Gasteiger partial charge on any atom is 0.410 e. The molecule has 0 aromatic carbocycles. The van der Waals surface area contributed by atoms with E-state index < -0.39 is 11.6 Å². The van der Waals surface area contributed by atoms with Crippen molar-refractivity contribution in [3.63, 3.8) is 0 Å². The minimum Gasteiger partial charge on any atom is -0.444 e. The minimum atomic E-state index is -0.553. The Morgan fingerprint density at radius 1 is 1.36 bits per heavy atom. The number of carbonyl (C=O) groups is 3. The number of carbonyl (C=O) groups excluding carboxylic acids is 3. The topological polar surface area (TPSA) is 106 Å². The highest BCUT2D eigenvalue weighted by Crippen LogP contribution is 2.24. The second kappa shape index (κ2) is 6.38. The van der Waals surface area contributed by atoms with Crippen molar-refractivity contribution in [1.82, 2.24) is 20.0 Å². The number of ether oxygens (including phenoxy) is 1. The number of hydrogen-bond acceptors (Lipinski definition) is 6. The fraction of sp³-hybridized carbons (Fsp3) is 0.625. The van der Waals surface area contributed by atoms with E-state index in [1.165, 1.54) is 0 Å². The summed E-state index contributed by atoms with van der Waals surface area (Å²) in [6, 6.07) is -0.483. The predicted octanol–water partition coefficient (Wildman–Crippen LogP) is 0.851. The normalized spacial score (nSPS) is 20.8. The number of amides is 3. The molecule has 1 unspecified atom stereocenters. The van der Waals surface area contributed by atoms with Crippen LogP contribution in [0.3, 0.4) is 0 Å². The highest BCUT2D eigenvalue weighted by atomic mass is 16.6. The van der Waals surface area contributed by atoms with E-state index in [2.05, 4.69) is 15.7 Å². The summed E-state index contributed by atoms with van der Waals surface area (Å²) in [6.07, 6.45) is 2.02. The number of hydrogen-bond donors (Lipinski definition) is 2. The summed E-state index contributed by atoms with van der Waals surface area (Å²) in [4.78, 5) is 37.1. The van der Waals surface area contributed by atoms with Crippen LogP contribution in [0.2, 0.25) is 0 Å². The summed E-state index contributed by atoms with van der Waals surface area (Å²) in [5.41, 5.74) is 0.965. The fourth-order valence-electron chi connectivity index (χ4n) is 2.87. The van der Waals surface area contributed by atoms with Gasteiger partial charge in [0, 0.05) is 13.0 Å². The largest absolute Gasteiger partial charge is 0.444 e. The molecule has 25 heavy (non-hydrogen) atoms. The number of piperidine rings is 1. The van der Waals surface area contributed by atoms with E-state index in [0.717, 1.165) is 5.69 Å². The lowest BCUT2D eigenvalue weighted by Crippen LogP contribution is -2.47. The van der Waals surface area contributed by atoms with E-state index >= 15 is 0 Å². The third kappa shape index (κ3) is 3.92. The van der Waals surface area contributed by atoms with Crippen molar-refractivity contribution in [3.05, 3.63) is 11.9 Å². The number of anilines is 1. The fourth-order valence-corrected chi connectivity index (χ4v) is 2.87. The second-order valence-corrected chi connectivity index (χ2v) is 7.28. The zero-order valence-electron chi connectivity index (χ0n) is 14.7. The zero-order chi connectivity index (χ0) is 18.2. The minimum absolute atomic E-state index is 0.254. The van der Waals surface area contributed by atoms with Crippen LogP contribution in [0.25, 0.3) is 0 Å². The molecule has 1 atom stereocenters. The van der Waals surface area contributed by atoms with Gasteiger partial charge in [0.1, 0.15) is 11.6 Å². The first-order chi connectivity index (χ1) is 11.7. The molecule has 1 saturated heterocycles. The molecule has 3 heterocycles. The molecule has 0 aliphatic carbocycles. The molecule has 3 amide bonds. The Labute approximate surface area is 145 Å². The Bertz CT molecular complexity index is 706. The molecule has 1 aromatic heterocycles. The van der Waals surface area contributed by atoms with Crippen LogP contribution >= 0.6 is 0 Å². The number of fused-ring (bicyclic) bond motifs is 1. The van der Waals surface area contributed by atoms with Gasteiger partial charge < -0.3 is 15.0 Å². The van der Waals surface area contributed by atoms with Crippen molar-refractivity contribution in [1.29, 1.82) is 0 Å². The van der Waals surface area contributed by atoms with Gasteiger partial charge in [-0.15, -0.1) is 0 Å². The molecular formula is C16H23N5O4. The quantitative estimate of drug-likeness (QED) is 0.767. The molecule has 136 valence electrons. The number of nitrogens with zero attached hydrogens (tertiary/aromatic N) is 3. The lowest BCUT2D eigenvalue weighted by molar-refractivity contribution is -0.133. The summed E-state index contributed by atoms with van der Waals surface area (Å²) in [7, 11) is 0. The molecule has 9 nitrogen and oxygen atoms in total. The highest BCUT2D eigenvalue weighted by molar-refractivity contribution is 6.01. The van der Waals surface area contributed by atoms with Crippen molar-refractivity contribution in [2.24, 2.45) is 0 Å². The Kier molecular flexibility index (Phi) is 4.40. The Hall–Kier alpha value is -2.58. The first-order valence-electron chi connectivity index (χ1n) is 8.36. The number of imide groups is 1. The van der Waals surface area contributed by atoms with E-state index in [1.807, 2.05) is 25.5 Å². The molecule has 2 aliphatic heterocycles. The van der Waals surface area contributed by atoms with E-state index in [0.29, 0.717) is 38.2 Å². The lowest BCUT2D eigenvalue weighted by Gasteiger charge is -2.31. The van der Waals surface area contributed by atoms with E-state index in [1.54, 1.807) is 11.1 Å². The van der Waals surface area contributed by atoms with Gasteiger partial charge in [-0.2, -0.15) is 5.10 Å². The van der Waals surface area contributed by atoms with Crippen LogP contribution in [-0.4, -0.2) is 50.8 Å². The summed E-state index contributed by atoms with van der Waals surface area (Å²) < 4.78 is 7.24. The van der Waals surface area contributed by atoms with Gasteiger partial charge in [0.2, 0.25) is 11.8 Å². The molecule has 2 N–H and O–H groups in total. The summed E-state index contributed by atoms with van der Waals surface area (Å²) in [5, 5.41) is 9.77. The molecule has 2 aliphatic rings. The Morgan fingerprint density at radius 2 is 2.12 bits per heavy atom. The molecule has 0 radical (unpaired) electrons. The third-order valence-corrected chi connectivity index (χ3v) is 4.09. The van der Waals surface area contributed by atoms with E-state index in [4.69, 9.17) is 4.74 Å². The van der Waals surface area contributed by atoms with E-state index in [-0.39, 0.29) is 17.9 Å². The van der Waals surface area contributed by atoms with Gasteiger partial charge in [0.15, 0.2) is 0 Å². The van der Waals surface area contributed by atoms with Gasteiger partial charge in [-0.1, -0.05) is 0 Å². The van der Waals surface area contributed by atoms with Crippen LogP contribution in [0, 0.1) is 0 Å². The third-order valence-electron chi connectivity index (χ3n) is 4.09. The standard InChI is InChI=1S/C16H23N5O4/c1-16(2,3)25-15(24)20-6-7-21-12(9-20)11(8-17-21)18-10-4-5-13(22)19-14(10)23/h8,10,18H,4-7,9H2,1-3H3,(H,19,22,23). The van der Waals surface area contributed by atoms with Gasteiger partial charge in [-0.3, -0.25) is 19.6 Å². The number of aromatic nitrogens is 2. The lowest BCUT2D eigenvalue weighted by atomic mass is 10.1.